The second kappa shape index (κ2) is 6.50. The summed E-state index contributed by atoms with van der Waals surface area (Å²) < 4.78 is 0.868. The number of hydrogen-bond acceptors (Lipinski definition) is 3. The summed E-state index contributed by atoms with van der Waals surface area (Å²) in [5, 5.41) is 19.1. The van der Waals surface area contributed by atoms with Gasteiger partial charge in [0.25, 0.3) is 0 Å². The number of phenolic OH excluding ortho intramolecular Hbond substituents is 1. The summed E-state index contributed by atoms with van der Waals surface area (Å²) >= 11 is 3.34. The number of hydrogen-bond donors (Lipinski definition) is 2. The van der Waals surface area contributed by atoms with Gasteiger partial charge in [-0.25, -0.2) is 0 Å². The van der Waals surface area contributed by atoms with Crippen molar-refractivity contribution < 1.29 is 10.2 Å². The van der Waals surface area contributed by atoms with E-state index in [-0.39, 0.29) is 18.4 Å². The molecule has 2 rings (SSSR count). The predicted molar refractivity (Wildman–Crippen MR) is 79.7 cm³/mol. The van der Waals surface area contributed by atoms with Crippen LogP contribution in [-0.4, -0.2) is 23.0 Å². The largest absolute Gasteiger partial charge is 0.507 e. The zero-order chi connectivity index (χ0) is 13.7. The van der Waals surface area contributed by atoms with Crippen LogP contribution in [0.2, 0.25) is 0 Å². The second-order valence-corrected chi connectivity index (χ2v) is 5.01. The third-order valence-corrected chi connectivity index (χ3v) is 3.23. The van der Waals surface area contributed by atoms with Crippen LogP contribution in [0, 0.1) is 0 Å². The van der Waals surface area contributed by atoms with Gasteiger partial charge in [0.05, 0.1) is 12.6 Å². The highest BCUT2D eigenvalue weighted by Gasteiger charge is 2.07. The van der Waals surface area contributed by atoms with Crippen LogP contribution in [0.4, 0.5) is 0 Å². The Morgan fingerprint density at radius 3 is 2.58 bits per heavy atom. The lowest BCUT2D eigenvalue weighted by atomic mass is 10.1. The van der Waals surface area contributed by atoms with Crippen LogP contribution in [0.1, 0.15) is 17.2 Å². The molecule has 0 aliphatic carbocycles. The molecule has 0 spiro atoms. The molecule has 0 aliphatic heterocycles. The van der Waals surface area contributed by atoms with E-state index in [1.54, 1.807) is 24.4 Å². The van der Waals surface area contributed by atoms with Crippen LogP contribution in [-0.2, 0) is 0 Å². The van der Waals surface area contributed by atoms with Gasteiger partial charge in [-0.2, -0.15) is 0 Å². The van der Waals surface area contributed by atoms with Crippen molar-refractivity contribution in [2.24, 2.45) is 4.99 Å². The molecule has 98 valence electrons. The maximum atomic E-state index is 9.72. The highest BCUT2D eigenvalue weighted by atomic mass is 79.9. The fourth-order valence-corrected chi connectivity index (χ4v) is 2.09. The van der Waals surface area contributed by atoms with Gasteiger partial charge < -0.3 is 10.2 Å². The van der Waals surface area contributed by atoms with Gasteiger partial charge in [0.1, 0.15) is 5.75 Å². The van der Waals surface area contributed by atoms with Crippen LogP contribution in [0.5, 0.6) is 5.75 Å². The molecular formula is C15H14BrNO2. The van der Waals surface area contributed by atoms with E-state index in [0.29, 0.717) is 5.56 Å². The van der Waals surface area contributed by atoms with Gasteiger partial charge in [-0.05, 0) is 23.8 Å². The van der Waals surface area contributed by atoms with Crippen molar-refractivity contribution in [3.05, 3.63) is 64.1 Å². The first-order valence-corrected chi connectivity index (χ1v) is 6.67. The zero-order valence-electron chi connectivity index (χ0n) is 10.2. The number of benzene rings is 2. The van der Waals surface area contributed by atoms with Gasteiger partial charge in [0, 0.05) is 16.3 Å². The average Bonchev–Trinajstić information content (AvgIpc) is 2.44. The molecule has 0 saturated heterocycles. The summed E-state index contributed by atoms with van der Waals surface area (Å²) in [4.78, 5) is 4.33. The highest BCUT2D eigenvalue weighted by molar-refractivity contribution is 9.10. The lowest BCUT2D eigenvalue weighted by Gasteiger charge is -2.09. The Morgan fingerprint density at radius 2 is 1.89 bits per heavy atom. The highest BCUT2D eigenvalue weighted by Crippen LogP contribution is 2.22. The molecule has 0 unspecified atom stereocenters. The standard InChI is InChI=1S/C15H14BrNO2/c16-13-6-7-15(19)12(8-13)9-17-14(10-18)11-4-2-1-3-5-11/h1-9,14,18-19H,10H2/t14-/m0/s1. The van der Waals surface area contributed by atoms with Gasteiger partial charge in [-0.15, -0.1) is 0 Å². The molecule has 0 aromatic heterocycles. The van der Waals surface area contributed by atoms with Gasteiger partial charge in [0.15, 0.2) is 0 Å². The van der Waals surface area contributed by atoms with Crippen LogP contribution < -0.4 is 0 Å². The Kier molecular flexibility index (Phi) is 4.71. The van der Waals surface area contributed by atoms with Crippen molar-refractivity contribution in [2.75, 3.05) is 6.61 Å². The van der Waals surface area contributed by atoms with E-state index in [2.05, 4.69) is 20.9 Å². The lowest BCUT2D eigenvalue weighted by molar-refractivity contribution is 0.269. The third kappa shape index (κ3) is 3.66. The van der Waals surface area contributed by atoms with Crippen molar-refractivity contribution in [3.8, 4) is 5.75 Å². The number of rotatable bonds is 4. The van der Waals surface area contributed by atoms with Gasteiger partial charge in [-0.1, -0.05) is 46.3 Å². The van der Waals surface area contributed by atoms with Gasteiger partial charge >= 0.3 is 0 Å². The molecule has 4 heteroatoms. The zero-order valence-corrected chi connectivity index (χ0v) is 11.8. The molecule has 2 aromatic carbocycles. The molecule has 0 fully saturated rings. The normalized spacial score (nSPS) is 12.7. The monoisotopic (exact) mass is 319 g/mol. The number of aliphatic hydroxyl groups excluding tert-OH is 1. The smallest absolute Gasteiger partial charge is 0.124 e. The molecule has 2 aromatic rings. The minimum atomic E-state index is -0.320. The van der Waals surface area contributed by atoms with Crippen LogP contribution in [0.3, 0.4) is 0 Å². The van der Waals surface area contributed by atoms with E-state index in [9.17, 15) is 10.2 Å². The lowest BCUT2D eigenvalue weighted by Crippen LogP contribution is -2.01. The molecule has 0 aliphatic rings. The van der Waals surface area contributed by atoms with Crippen molar-refractivity contribution in [3.63, 3.8) is 0 Å². The molecular weight excluding hydrogens is 306 g/mol. The summed E-state index contributed by atoms with van der Waals surface area (Å²) in [5.41, 5.74) is 1.56. The Hall–Kier alpha value is -1.65. The number of aliphatic imine (C=N–C) groups is 1. The molecule has 0 amide bonds. The van der Waals surface area contributed by atoms with Crippen molar-refractivity contribution in [1.82, 2.24) is 0 Å². The molecule has 3 nitrogen and oxygen atoms in total. The second-order valence-electron chi connectivity index (χ2n) is 4.09. The predicted octanol–water partition coefficient (Wildman–Crippen LogP) is 3.31. The number of aromatic hydroxyl groups is 1. The van der Waals surface area contributed by atoms with E-state index in [1.807, 2.05) is 30.3 Å². The Morgan fingerprint density at radius 1 is 1.16 bits per heavy atom. The van der Waals surface area contributed by atoms with Crippen molar-refractivity contribution in [2.45, 2.75) is 6.04 Å². The summed E-state index contributed by atoms with van der Waals surface area (Å²) in [6, 6.07) is 14.4. The van der Waals surface area contributed by atoms with Gasteiger partial charge in [0.2, 0.25) is 0 Å². The maximum Gasteiger partial charge on any atom is 0.124 e. The topological polar surface area (TPSA) is 52.8 Å². The number of halogens is 1. The Bertz CT molecular complexity index is 570. The third-order valence-electron chi connectivity index (χ3n) is 2.74. The van der Waals surface area contributed by atoms with Crippen molar-refractivity contribution >= 4 is 22.1 Å². The minimum absolute atomic E-state index is 0.0741. The maximum absolute atomic E-state index is 9.72. The van der Waals surface area contributed by atoms with Gasteiger partial charge in [-0.3, -0.25) is 4.99 Å². The SMILES string of the molecule is OC[C@H](N=Cc1cc(Br)ccc1O)c1ccccc1. The summed E-state index contributed by atoms with van der Waals surface area (Å²) in [7, 11) is 0. The molecule has 2 N–H and O–H groups in total. The fourth-order valence-electron chi connectivity index (χ4n) is 1.71. The van der Waals surface area contributed by atoms with Crippen molar-refractivity contribution in [1.29, 1.82) is 0 Å². The summed E-state index contributed by atoms with van der Waals surface area (Å²) in [6.45, 7) is -0.0741. The minimum Gasteiger partial charge on any atom is -0.507 e. The van der Waals surface area contributed by atoms with E-state index < -0.39 is 0 Å². The summed E-state index contributed by atoms with van der Waals surface area (Å²) in [6.07, 6.45) is 1.58. The van der Waals surface area contributed by atoms with E-state index >= 15 is 0 Å². The van der Waals surface area contributed by atoms with E-state index in [0.717, 1.165) is 10.0 Å². The molecule has 0 radical (unpaired) electrons. The Labute approximate surface area is 120 Å². The summed E-state index contributed by atoms with van der Waals surface area (Å²) in [5.74, 6) is 0.164. The van der Waals surface area contributed by atoms with E-state index in [1.165, 1.54) is 0 Å². The quantitative estimate of drug-likeness (QED) is 0.849. The molecule has 0 saturated carbocycles. The first-order chi connectivity index (χ1) is 9.20. The Balaban J connectivity index is 2.23. The van der Waals surface area contributed by atoms with E-state index in [4.69, 9.17) is 0 Å². The number of nitrogens with zero attached hydrogens (tertiary/aromatic N) is 1. The first-order valence-electron chi connectivity index (χ1n) is 5.88. The fraction of sp³-hybridized carbons (Fsp3) is 0.133. The molecule has 19 heavy (non-hydrogen) atoms. The molecule has 1 atom stereocenters. The molecule has 0 bridgehead atoms. The first kappa shape index (κ1) is 13.8. The van der Waals surface area contributed by atoms with Crippen LogP contribution in [0.25, 0.3) is 0 Å². The number of aliphatic hydroxyl groups is 1. The van der Waals surface area contributed by atoms with Crippen LogP contribution in [0.15, 0.2) is 58.0 Å². The number of phenols is 1. The average molecular weight is 320 g/mol. The van der Waals surface area contributed by atoms with Crippen LogP contribution >= 0.6 is 15.9 Å². The molecule has 0 heterocycles.